The van der Waals surface area contributed by atoms with Gasteiger partial charge in [-0.15, -0.1) is 6.58 Å². The second-order valence-electron chi connectivity index (χ2n) is 7.06. The molecule has 0 saturated heterocycles. The lowest BCUT2D eigenvalue weighted by Crippen LogP contribution is -2.26. The number of benzene rings is 1. The van der Waals surface area contributed by atoms with Gasteiger partial charge in [0, 0.05) is 11.6 Å². The average molecular weight is 283 g/mol. The molecular formula is C20H29N. The Morgan fingerprint density at radius 2 is 1.71 bits per heavy atom. The third kappa shape index (κ3) is 4.06. The molecule has 0 heterocycles. The summed E-state index contributed by atoms with van der Waals surface area (Å²) in [4.78, 5) is 4.93. The van der Waals surface area contributed by atoms with E-state index < -0.39 is 0 Å². The SMILES string of the molecule is C=C(C)CC1(C=Nc2c(C)cc(C)cc2C)CCCCC1. The summed E-state index contributed by atoms with van der Waals surface area (Å²) in [6.07, 6.45) is 9.87. The molecule has 1 aromatic rings. The maximum atomic E-state index is 4.93. The highest BCUT2D eigenvalue weighted by atomic mass is 14.7. The van der Waals surface area contributed by atoms with Crippen LogP contribution in [0.25, 0.3) is 0 Å². The highest BCUT2D eigenvalue weighted by molar-refractivity contribution is 5.72. The van der Waals surface area contributed by atoms with Crippen LogP contribution in [0.4, 0.5) is 5.69 Å². The third-order valence-electron chi connectivity index (χ3n) is 4.61. The molecule has 0 amide bonds. The normalized spacial score (nSPS) is 18.1. The van der Waals surface area contributed by atoms with E-state index >= 15 is 0 Å². The fourth-order valence-corrected chi connectivity index (χ4v) is 3.79. The number of rotatable bonds is 4. The van der Waals surface area contributed by atoms with Crippen molar-refractivity contribution in [3.8, 4) is 0 Å². The van der Waals surface area contributed by atoms with Crippen molar-refractivity contribution >= 4 is 11.9 Å². The zero-order chi connectivity index (χ0) is 15.5. The Labute approximate surface area is 130 Å². The van der Waals surface area contributed by atoms with E-state index in [-0.39, 0.29) is 5.41 Å². The van der Waals surface area contributed by atoms with Crippen LogP contribution in [0.3, 0.4) is 0 Å². The summed E-state index contributed by atoms with van der Waals surface area (Å²) in [5.41, 5.74) is 6.56. The van der Waals surface area contributed by atoms with E-state index in [2.05, 4.69) is 52.6 Å². The summed E-state index contributed by atoms with van der Waals surface area (Å²) in [5, 5.41) is 0. The number of aryl methyl sites for hydroxylation is 3. The molecule has 1 aliphatic carbocycles. The molecule has 0 aromatic heterocycles. The van der Waals surface area contributed by atoms with E-state index in [1.165, 1.54) is 54.4 Å². The van der Waals surface area contributed by atoms with Crippen molar-refractivity contribution in [2.24, 2.45) is 10.4 Å². The van der Waals surface area contributed by atoms with Crippen LogP contribution in [0, 0.1) is 26.2 Å². The number of hydrogen-bond donors (Lipinski definition) is 0. The molecule has 21 heavy (non-hydrogen) atoms. The smallest absolute Gasteiger partial charge is 0.0684 e. The van der Waals surface area contributed by atoms with Crippen LogP contribution < -0.4 is 0 Å². The van der Waals surface area contributed by atoms with E-state index in [1.807, 2.05) is 0 Å². The molecule has 1 aromatic carbocycles. The summed E-state index contributed by atoms with van der Waals surface area (Å²) >= 11 is 0. The van der Waals surface area contributed by atoms with Gasteiger partial charge in [0.15, 0.2) is 0 Å². The van der Waals surface area contributed by atoms with E-state index in [9.17, 15) is 0 Å². The molecule has 0 N–H and O–H groups in total. The molecular weight excluding hydrogens is 254 g/mol. The minimum atomic E-state index is 0.244. The number of hydrogen-bond acceptors (Lipinski definition) is 1. The first-order valence-corrected chi connectivity index (χ1v) is 8.19. The summed E-state index contributed by atoms with van der Waals surface area (Å²) in [5.74, 6) is 0. The van der Waals surface area contributed by atoms with Gasteiger partial charge in [-0.3, -0.25) is 4.99 Å². The fraction of sp³-hybridized carbons (Fsp3) is 0.550. The van der Waals surface area contributed by atoms with Gasteiger partial charge in [-0.25, -0.2) is 0 Å². The number of aliphatic imine (C=N–C) groups is 1. The summed E-state index contributed by atoms with van der Waals surface area (Å²) in [7, 11) is 0. The lowest BCUT2D eigenvalue weighted by molar-refractivity contribution is 0.289. The Kier molecular flexibility index (Phi) is 5.03. The summed E-state index contributed by atoms with van der Waals surface area (Å²) in [6.45, 7) is 12.8. The second kappa shape index (κ2) is 6.60. The van der Waals surface area contributed by atoms with E-state index in [0.717, 1.165) is 12.1 Å². The van der Waals surface area contributed by atoms with Crippen LogP contribution in [-0.4, -0.2) is 6.21 Å². The highest BCUT2D eigenvalue weighted by Gasteiger charge is 2.30. The minimum absolute atomic E-state index is 0.244. The van der Waals surface area contributed by atoms with Gasteiger partial charge in [-0.05, 0) is 58.1 Å². The van der Waals surface area contributed by atoms with Gasteiger partial charge >= 0.3 is 0 Å². The van der Waals surface area contributed by atoms with Crippen molar-refractivity contribution in [3.63, 3.8) is 0 Å². The largest absolute Gasteiger partial charge is 0.260 e. The molecule has 1 saturated carbocycles. The van der Waals surface area contributed by atoms with Crippen LogP contribution in [0.5, 0.6) is 0 Å². The standard InChI is InChI=1S/C20H29N/c1-15(2)13-20(9-7-6-8-10-20)14-21-19-17(4)11-16(3)12-18(19)5/h11-12,14H,1,6-10,13H2,2-5H3. The Hall–Kier alpha value is -1.37. The van der Waals surface area contributed by atoms with Crippen molar-refractivity contribution in [3.05, 3.63) is 41.0 Å². The van der Waals surface area contributed by atoms with Crippen LogP contribution in [0.15, 0.2) is 29.3 Å². The van der Waals surface area contributed by atoms with Crippen LogP contribution in [0.1, 0.15) is 62.1 Å². The summed E-state index contributed by atoms with van der Waals surface area (Å²) in [6, 6.07) is 4.46. The molecule has 1 fully saturated rings. The first kappa shape index (κ1) is 16.0. The zero-order valence-corrected chi connectivity index (χ0v) is 14.1. The Morgan fingerprint density at radius 3 is 2.24 bits per heavy atom. The van der Waals surface area contributed by atoms with E-state index in [1.54, 1.807) is 0 Å². The van der Waals surface area contributed by atoms with Gasteiger partial charge < -0.3 is 0 Å². The van der Waals surface area contributed by atoms with Gasteiger partial charge in [0.2, 0.25) is 0 Å². The summed E-state index contributed by atoms with van der Waals surface area (Å²) < 4.78 is 0. The second-order valence-corrected chi connectivity index (χ2v) is 7.06. The van der Waals surface area contributed by atoms with Crippen molar-refractivity contribution in [1.29, 1.82) is 0 Å². The van der Waals surface area contributed by atoms with Gasteiger partial charge in [0.25, 0.3) is 0 Å². The quantitative estimate of drug-likeness (QED) is 0.458. The first-order chi connectivity index (χ1) is 9.92. The molecule has 1 aliphatic rings. The Balaban J connectivity index is 2.30. The highest BCUT2D eigenvalue weighted by Crippen LogP contribution is 2.40. The average Bonchev–Trinajstić information content (AvgIpc) is 2.37. The van der Waals surface area contributed by atoms with Crippen molar-refractivity contribution in [2.75, 3.05) is 0 Å². The predicted octanol–water partition coefficient (Wildman–Crippen LogP) is 6.23. The molecule has 0 unspecified atom stereocenters. The lowest BCUT2D eigenvalue weighted by Gasteiger charge is -2.34. The maximum Gasteiger partial charge on any atom is 0.0684 e. The molecule has 0 bridgehead atoms. The van der Waals surface area contributed by atoms with Gasteiger partial charge in [0.05, 0.1) is 5.69 Å². The maximum absolute atomic E-state index is 4.93. The van der Waals surface area contributed by atoms with E-state index in [0.29, 0.717) is 0 Å². The number of allylic oxidation sites excluding steroid dienone is 1. The molecule has 0 radical (unpaired) electrons. The molecule has 0 atom stereocenters. The van der Waals surface area contributed by atoms with Crippen molar-refractivity contribution < 1.29 is 0 Å². The zero-order valence-electron chi connectivity index (χ0n) is 14.1. The predicted molar refractivity (Wildman–Crippen MR) is 93.8 cm³/mol. The lowest BCUT2D eigenvalue weighted by atomic mass is 9.71. The molecule has 1 heteroatoms. The minimum Gasteiger partial charge on any atom is -0.260 e. The molecule has 0 aliphatic heterocycles. The third-order valence-corrected chi connectivity index (χ3v) is 4.61. The van der Waals surface area contributed by atoms with Crippen LogP contribution in [-0.2, 0) is 0 Å². The van der Waals surface area contributed by atoms with Gasteiger partial charge in [0.1, 0.15) is 0 Å². The van der Waals surface area contributed by atoms with E-state index in [4.69, 9.17) is 4.99 Å². The molecule has 114 valence electrons. The molecule has 0 spiro atoms. The fourth-order valence-electron chi connectivity index (χ4n) is 3.79. The topological polar surface area (TPSA) is 12.4 Å². The first-order valence-electron chi connectivity index (χ1n) is 8.19. The van der Waals surface area contributed by atoms with Crippen molar-refractivity contribution in [2.45, 2.75) is 66.2 Å². The molecule has 1 nitrogen and oxygen atoms in total. The van der Waals surface area contributed by atoms with Gasteiger partial charge in [-0.2, -0.15) is 0 Å². The van der Waals surface area contributed by atoms with Gasteiger partial charge in [-0.1, -0.05) is 42.5 Å². The number of nitrogens with zero attached hydrogens (tertiary/aromatic N) is 1. The Morgan fingerprint density at radius 1 is 1.14 bits per heavy atom. The monoisotopic (exact) mass is 283 g/mol. The van der Waals surface area contributed by atoms with Crippen LogP contribution in [0.2, 0.25) is 0 Å². The van der Waals surface area contributed by atoms with Crippen LogP contribution >= 0.6 is 0 Å². The van der Waals surface area contributed by atoms with Crippen molar-refractivity contribution in [1.82, 2.24) is 0 Å². The Bertz CT molecular complexity index is 522. The molecule has 2 rings (SSSR count).